The molecule has 3 aliphatic rings. The number of allylic oxidation sites excluding steroid dienone is 3. The van der Waals surface area contributed by atoms with Gasteiger partial charge in [0.1, 0.15) is 0 Å². The highest BCUT2D eigenvalue weighted by molar-refractivity contribution is 4.90. The Bertz CT molecular complexity index is 709. The number of hydrogen-bond acceptors (Lipinski definition) is 6. The molecule has 0 bridgehead atoms. The molecule has 0 aromatic carbocycles. The average molecular weight is 595 g/mol. The molecule has 9 atom stereocenters. The normalized spacial score (nSPS) is 33.1. The van der Waals surface area contributed by atoms with E-state index in [2.05, 4.69) is 54.4 Å². The summed E-state index contributed by atoms with van der Waals surface area (Å²) in [6, 6.07) is 0. The maximum atomic E-state index is 9.81. The minimum absolute atomic E-state index is 0.0224. The highest BCUT2D eigenvalue weighted by atomic mass is 16.5. The Balaban J connectivity index is 0.000000315. The molecule has 9 unspecified atom stereocenters. The van der Waals surface area contributed by atoms with E-state index in [1.165, 1.54) is 0 Å². The van der Waals surface area contributed by atoms with E-state index in [-0.39, 0.29) is 36.6 Å². The van der Waals surface area contributed by atoms with E-state index in [9.17, 15) is 15.3 Å². The Hall–Kier alpha value is -1.02. The number of ether oxygens (including phenoxy) is 3. The second kappa shape index (κ2) is 22.5. The topological polar surface area (TPSA) is 88.4 Å². The van der Waals surface area contributed by atoms with E-state index in [0.29, 0.717) is 29.6 Å². The first-order valence-electron chi connectivity index (χ1n) is 16.8. The summed E-state index contributed by atoms with van der Waals surface area (Å²) in [5.41, 5.74) is 0. The maximum absolute atomic E-state index is 9.81. The minimum atomic E-state index is -0.300. The fourth-order valence-electron chi connectivity index (χ4n) is 5.67. The van der Waals surface area contributed by atoms with Gasteiger partial charge in [0.15, 0.2) is 0 Å². The molecule has 3 N–H and O–H groups in total. The van der Waals surface area contributed by atoms with Gasteiger partial charge < -0.3 is 29.5 Å². The smallest absolute Gasteiger partial charge is 0.0839 e. The van der Waals surface area contributed by atoms with Crippen LogP contribution >= 0.6 is 0 Å². The standard InChI is InChI=1S/3C12H22O2/c1-4-10-5-6-12(11(13)7-10)14-8-9(2)3;1-4-10-5-6-11(13)12(7-10)14-8-9(2)3;1-3-5-8-14-12-7-6-10(4-2)9-11(12)13/h2*4,9-13H,1,5-8H2,2-3H3;4,10-13H,2-3,5-9H2,1H3. The Morgan fingerprint density at radius 1 is 0.595 bits per heavy atom. The highest BCUT2D eigenvalue weighted by Crippen LogP contribution is 2.29. The minimum Gasteiger partial charge on any atom is -0.390 e. The van der Waals surface area contributed by atoms with Crippen LogP contribution in [0.5, 0.6) is 0 Å². The molecule has 3 fully saturated rings. The Morgan fingerprint density at radius 3 is 1.45 bits per heavy atom. The predicted molar refractivity (Wildman–Crippen MR) is 174 cm³/mol. The van der Waals surface area contributed by atoms with Gasteiger partial charge >= 0.3 is 0 Å². The SMILES string of the molecule is C=CC1CCC(O)C(OCC(C)C)C1.C=CC1CCC(OCC(C)C)C(O)C1.C=CC1CCC(OCCCC)C(O)C1. The van der Waals surface area contributed by atoms with Crippen LogP contribution in [0.1, 0.15) is 105 Å². The van der Waals surface area contributed by atoms with Crippen LogP contribution in [0.15, 0.2) is 38.0 Å². The van der Waals surface area contributed by atoms with Gasteiger partial charge in [0.2, 0.25) is 0 Å². The zero-order valence-electron chi connectivity index (χ0n) is 27.7. The largest absolute Gasteiger partial charge is 0.390 e. The lowest BCUT2D eigenvalue weighted by Gasteiger charge is -2.32. The van der Waals surface area contributed by atoms with Crippen LogP contribution in [0.2, 0.25) is 0 Å². The second-order valence-electron chi connectivity index (χ2n) is 13.4. The van der Waals surface area contributed by atoms with Gasteiger partial charge in [-0.2, -0.15) is 0 Å². The molecule has 0 heterocycles. The molecule has 3 aliphatic carbocycles. The summed E-state index contributed by atoms with van der Waals surface area (Å²) in [4.78, 5) is 0. The molecule has 3 rings (SSSR count). The monoisotopic (exact) mass is 594 g/mol. The number of aliphatic hydroxyl groups excluding tert-OH is 3. The average Bonchev–Trinajstić information content (AvgIpc) is 2.97. The van der Waals surface area contributed by atoms with Crippen molar-refractivity contribution in [1.29, 1.82) is 0 Å². The van der Waals surface area contributed by atoms with E-state index < -0.39 is 0 Å². The molecule has 0 spiro atoms. The Labute approximate surface area is 258 Å². The molecule has 3 saturated carbocycles. The van der Waals surface area contributed by atoms with Crippen molar-refractivity contribution in [2.75, 3.05) is 19.8 Å². The summed E-state index contributed by atoms with van der Waals surface area (Å²) in [6.45, 7) is 24.3. The van der Waals surface area contributed by atoms with E-state index in [1.54, 1.807) is 0 Å². The van der Waals surface area contributed by atoms with Crippen molar-refractivity contribution in [2.45, 2.75) is 142 Å². The molecule has 0 aromatic heterocycles. The van der Waals surface area contributed by atoms with Crippen molar-refractivity contribution in [3.8, 4) is 0 Å². The van der Waals surface area contributed by atoms with E-state index >= 15 is 0 Å². The molecule has 0 saturated heterocycles. The number of hydrogen-bond donors (Lipinski definition) is 3. The van der Waals surface area contributed by atoms with E-state index in [4.69, 9.17) is 14.2 Å². The zero-order valence-corrected chi connectivity index (χ0v) is 27.7. The molecule has 6 heteroatoms. The molecule has 246 valence electrons. The fourth-order valence-corrected chi connectivity index (χ4v) is 5.67. The maximum Gasteiger partial charge on any atom is 0.0839 e. The van der Waals surface area contributed by atoms with Crippen molar-refractivity contribution in [2.24, 2.45) is 29.6 Å². The van der Waals surface area contributed by atoms with Crippen LogP contribution in [0, 0.1) is 29.6 Å². The second-order valence-corrected chi connectivity index (χ2v) is 13.4. The molecule has 0 aliphatic heterocycles. The third kappa shape index (κ3) is 16.2. The summed E-state index contributed by atoms with van der Waals surface area (Å²) >= 11 is 0. The first-order valence-corrected chi connectivity index (χ1v) is 16.8. The van der Waals surface area contributed by atoms with Crippen molar-refractivity contribution >= 4 is 0 Å². The lowest BCUT2D eigenvalue weighted by Crippen LogP contribution is -2.36. The van der Waals surface area contributed by atoms with Gasteiger partial charge in [0, 0.05) is 19.8 Å². The van der Waals surface area contributed by atoms with Crippen LogP contribution in [0.3, 0.4) is 0 Å². The van der Waals surface area contributed by atoms with Crippen molar-refractivity contribution in [3.63, 3.8) is 0 Å². The van der Waals surface area contributed by atoms with Crippen molar-refractivity contribution in [3.05, 3.63) is 38.0 Å². The third-order valence-electron chi connectivity index (χ3n) is 8.51. The zero-order chi connectivity index (χ0) is 31.5. The van der Waals surface area contributed by atoms with Crippen LogP contribution in [0.25, 0.3) is 0 Å². The quantitative estimate of drug-likeness (QED) is 0.154. The van der Waals surface area contributed by atoms with Crippen LogP contribution in [-0.2, 0) is 14.2 Å². The van der Waals surface area contributed by atoms with Gasteiger partial charge in [0.25, 0.3) is 0 Å². The molecule has 6 nitrogen and oxygen atoms in total. The Morgan fingerprint density at radius 2 is 1.02 bits per heavy atom. The highest BCUT2D eigenvalue weighted by Gasteiger charge is 2.30. The molecular formula is C36H66O6. The third-order valence-corrected chi connectivity index (χ3v) is 8.51. The number of unbranched alkanes of at least 4 members (excludes halogenated alkanes) is 1. The Kier molecular flexibility index (Phi) is 20.9. The van der Waals surface area contributed by atoms with Gasteiger partial charge in [-0.05, 0) is 93.8 Å². The van der Waals surface area contributed by atoms with Gasteiger partial charge in [-0.1, -0.05) is 59.3 Å². The lowest BCUT2D eigenvalue weighted by molar-refractivity contribution is -0.0735. The summed E-state index contributed by atoms with van der Waals surface area (Å²) in [6.07, 6.45) is 16.0. The predicted octanol–water partition coefficient (Wildman–Crippen LogP) is 7.27. The molecule has 0 radical (unpaired) electrons. The first-order chi connectivity index (χ1) is 20.0. The van der Waals surface area contributed by atoms with Gasteiger partial charge in [0.05, 0.1) is 36.6 Å². The van der Waals surface area contributed by atoms with E-state index in [1.807, 2.05) is 18.2 Å². The van der Waals surface area contributed by atoms with Gasteiger partial charge in [-0.25, -0.2) is 0 Å². The molecular weight excluding hydrogens is 528 g/mol. The van der Waals surface area contributed by atoms with Crippen molar-refractivity contribution < 1.29 is 29.5 Å². The molecule has 42 heavy (non-hydrogen) atoms. The molecule has 0 aromatic rings. The van der Waals surface area contributed by atoms with E-state index in [0.717, 1.165) is 90.4 Å². The van der Waals surface area contributed by atoms with Crippen LogP contribution in [0.4, 0.5) is 0 Å². The number of aliphatic hydroxyl groups is 3. The molecule has 0 amide bonds. The summed E-state index contributed by atoms with van der Waals surface area (Å²) < 4.78 is 17.0. The summed E-state index contributed by atoms with van der Waals surface area (Å²) in [5.74, 6) is 2.56. The summed E-state index contributed by atoms with van der Waals surface area (Å²) in [5, 5.41) is 29.3. The van der Waals surface area contributed by atoms with Crippen molar-refractivity contribution in [1.82, 2.24) is 0 Å². The fraction of sp³-hybridized carbons (Fsp3) is 0.833. The van der Waals surface area contributed by atoms with Gasteiger partial charge in [-0.3, -0.25) is 0 Å². The number of rotatable bonds is 13. The summed E-state index contributed by atoms with van der Waals surface area (Å²) in [7, 11) is 0. The van der Waals surface area contributed by atoms with Crippen LogP contribution in [-0.4, -0.2) is 71.8 Å². The van der Waals surface area contributed by atoms with Gasteiger partial charge in [-0.15, -0.1) is 19.7 Å². The lowest BCUT2D eigenvalue weighted by atomic mass is 9.85. The first kappa shape index (κ1) is 39.0. The van der Waals surface area contributed by atoms with Crippen LogP contribution < -0.4 is 0 Å².